The topological polar surface area (TPSA) is 146 Å². The van der Waals surface area contributed by atoms with E-state index in [9.17, 15) is 14.7 Å². The number of unbranched alkanes of at least 4 members (excludes halogenated alkanes) is 1. The molecule has 0 saturated carbocycles. The van der Waals surface area contributed by atoms with Gasteiger partial charge in [-0.15, -0.1) is 0 Å². The molecule has 0 radical (unpaired) electrons. The predicted molar refractivity (Wildman–Crippen MR) is 159 cm³/mol. The van der Waals surface area contributed by atoms with Gasteiger partial charge in [-0.3, -0.25) is 9.59 Å². The molecule has 1 aromatic heterocycles. The van der Waals surface area contributed by atoms with Crippen LogP contribution in [-0.2, 0) is 35.3 Å². The van der Waals surface area contributed by atoms with Crippen LogP contribution in [0.5, 0.6) is 5.75 Å². The number of phenolic OH excluding ortho intramolecular Hbond substituents is 1. The third-order valence-electron chi connectivity index (χ3n) is 7.12. The van der Waals surface area contributed by atoms with E-state index in [1.165, 1.54) is 5.56 Å². The number of aromatic hydroxyl groups is 1. The number of para-hydroxylation sites is 1. The van der Waals surface area contributed by atoms with Gasteiger partial charge in [0.05, 0.1) is 6.04 Å². The number of hydrogen-bond donors (Lipinski definition) is 6. The lowest BCUT2D eigenvalue weighted by Crippen LogP contribution is -2.53. The summed E-state index contributed by atoms with van der Waals surface area (Å²) in [5.41, 5.74) is 17.0. The maximum atomic E-state index is 13.2. The van der Waals surface area contributed by atoms with Gasteiger partial charge >= 0.3 is 0 Å². The number of nitrogens with two attached hydrogens (primary N) is 2. The molecular formula is C32H39N5O3. The van der Waals surface area contributed by atoms with Crippen molar-refractivity contribution in [1.29, 1.82) is 0 Å². The van der Waals surface area contributed by atoms with Crippen LogP contribution in [0, 0.1) is 0 Å². The number of hydrogen-bond acceptors (Lipinski definition) is 5. The average molecular weight is 542 g/mol. The minimum absolute atomic E-state index is 0.139. The van der Waals surface area contributed by atoms with Crippen LogP contribution in [0.15, 0.2) is 79.0 Å². The summed E-state index contributed by atoms with van der Waals surface area (Å²) in [4.78, 5) is 29.5. The number of carbonyl (C=O) groups excluding carboxylic acids is 2. The van der Waals surface area contributed by atoms with E-state index < -0.39 is 18.0 Å². The van der Waals surface area contributed by atoms with E-state index in [0.717, 1.165) is 46.9 Å². The third kappa shape index (κ3) is 8.18. The van der Waals surface area contributed by atoms with Crippen molar-refractivity contribution < 1.29 is 14.7 Å². The van der Waals surface area contributed by atoms with Gasteiger partial charge in [-0.05, 0) is 79.1 Å². The SMILES string of the molecule is NCCCCc1ccc(CCNC(=O)[C@H](Cc2ccc(O)cc2)NC(=O)[C@@H](N)Cc2c[nH]c3ccccc23)cc1. The summed E-state index contributed by atoms with van der Waals surface area (Å²) in [6.45, 7) is 1.15. The summed E-state index contributed by atoms with van der Waals surface area (Å²) in [6.07, 6.45) is 6.25. The summed E-state index contributed by atoms with van der Waals surface area (Å²) in [5.74, 6) is -0.534. The highest BCUT2D eigenvalue weighted by molar-refractivity contribution is 5.91. The smallest absolute Gasteiger partial charge is 0.242 e. The molecule has 4 rings (SSSR count). The van der Waals surface area contributed by atoms with Crippen LogP contribution in [0.25, 0.3) is 10.9 Å². The average Bonchev–Trinajstić information content (AvgIpc) is 3.37. The van der Waals surface area contributed by atoms with Crippen molar-refractivity contribution >= 4 is 22.7 Å². The van der Waals surface area contributed by atoms with Crippen LogP contribution in [0.2, 0.25) is 0 Å². The van der Waals surface area contributed by atoms with E-state index >= 15 is 0 Å². The van der Waals surface area contributed by atoms with Crippen molar-refractivity contribution in [2.45, 2.75) is 50.6 Å². The summed E-state index contributed by atoms with van der Waals surface area (Å²) < 4.78 is 0. The molecule has 2 atom stereocenters. The maximum Gasteiger partial charge on any atom is 0.242 e. The van der Waals surface area contributed by atoms with Gasteiger partial charge in [0.2, 0.25) is 11.8 Å². The highest BCUT2D eigenvalue weighted by atomic mass is 16.3. The van der Waals surface area contributed by atoms with E-state index in [2.05, 4.69) is 39.9 Å². The first-order valence-electron chi connectivity index (χ1n) is 13.9. The molecule has 8 heteroatoms. The Bertz CT molecular complexity index is 1380. The van der Waals surface area contributed by atoms with Crippen molar-refractivity contribution in [3.8, 4) is 5.75 Å². The minimum Gasteiger partial charge on any atom is -0.508 e. The zero-order valence-electron chi connectivity index (χ0n) is 22.7. The molecule has 0 unspecified atom stereocenters. The van der Waals surface area contributed by atoms with Gasteiger partial charge in [0.1, 0.15) is 11.8 Å². The van der Waals surface area contributed by atoms with E-state index in [4.69, 9.17) is 11.5 Å². The molecule has 1 heterocycles. The number of carbonyl (C=O) groups is 2. The largest absolute Gasteiger partial charge is 0.508 e. The second-order valence-corrected chi connectivity index (χ2v) is 10.2. The van der Waals surface area contributed by atoms with Crippen LogP contribution < -0.4 is 22.1 Å². The molecule has 40 heavy (non-hydrogen) atoms. The number of amides is 2. The highest BCUT2D eigenvalue weighted by Gasteiger charge is 2.25. The fourth-order valence-corrected chi connectivity index (χ4v) is 4.79. The van der Waals surface area contributed by atoms with Gasteiger partial charge in [-0.1, -0.05) is 54.6 Å². The zero-order valence-corrected chi connectivity index (χ0v) is 22.7. The van der Waals surface area contributed by atoms with Crippen LogP contribution >= 0.6 is 0 Å². The monoisotopic (exact) mass is 541 g/mol. The van der Waals surface area contributed by atoms with E-state index in [1.807, 2.05) is 30.5 Å². The fourth-order valence-electron chi connectivity index (χ4n) is 4.79. The predicted octanol–water partition coefficient (Wildman–Crippen LogP) is 3.11. The molecule has 8 nitrogen and oxygen atoms in total. The number of benzene rings is 3. The number of aromatic nitrogens is 1. The molecule has 4 aromatic rings. The lowest BCUT2D eigenvalue weighted by molar-refractivity contribution is -0.129. The lowest BCUT2D eigenvalue weighted by atomic mass is 10.0. The number of aromatic amines is 1. The van der Waals surface area contributed by atoms with Crippen molar-refractivity contribution in [2.24, 2.45) is 11.5 Å². The summed E-state index contributed by atoms with van der Waals surface area (Å²) in [6, 6.07) is 21.2. The molecule has 8 N–H and O–H groups in total. The molecule has 0 bridgehead atoms. The van der Waals surface area contributed by atoms with Crippen molar-refractivity contribution in [3.05, 3.63) is 101 Å². The number of H-pyrrole nitrogens is 1. The van der Waals surface area contributed by atoms with E-state index in [0.29, 0.717) is 25.9 Å². The van der Waals surface area contributed by atoms with Gasteiger partial charge in [-0.25, -0.2) is 0 Å². The maximum absolute atomic E-state index is 13.2. The molecule has 0 fully saturated rings. The number of rotatable bonds is 14. The Labute approximate surface area is 235 Å². The molecule has 3 aromatic carbocycles. The van der Waals surface area contributed by atoms with Crippen LogP contribution in [0.1, 0.15) is 35.1 Å². The van der Waals surface area contributed by atoms with Gasteiger partial charge < -0.3 is 32.2 Å². The Hall–Kier alpha value is -4.14. The number of fused-ring (bicyclic) bond motifs is 1. The highest BCUT2D eigenvalue weighted by Crippen LogP contribution is 2.19. The molecular weight excluding hydrogens is 502 g/mol. The first kappa shape index (κ1) is 28.9. The van der Waals surface area contributed by atoms with Gasteiger partial charge in [-0.2, -0.15) is 0 Å². The van der Waals surface area contributed by atoms with Gasteiger partial charge in [0.25, 0.3) is 0 Å². The Morgan fingerprint density at radius 3 is 2.23 bits per heavy atom. The van der Waals surface area contributed by atoms with Crippen LogP contribution in [-0.4, -0.2) is 47.1 Å². The second kappa shape index (κ2) is 14.3. The Morgan fingerprint density at radius 2 is 1.50 bits per heavy atom. The summed E-state index contributed by atoms with van der Waals surface area (Å²) >= 11 is 0. The second-order valence-electron chi connectivity index (χ2n) is 10.2. The summed E-state index contributed by atoms with van der Waals surface area (Å²) in [7, 11) is 0. The summed E-state index contributed by atoms with van der Waals surface area (Å²) in [5, 5.41) is 16.5. The number of aryl methyl sites for hydroxylation is 1. The van der Waals surface area contributed by atoms with Gasteiger partial charge in [0, 0.05) is 30.1 Å². The van der Waals surface area contributed by atoms with Crippen LogP contribution in [0.4, 0.5) is 0 Å². The molecule has 210 valence electrons. The minimum atomic E-state index is -0.822. The molecule has 0 aliphatic rings. The standard InChI is InChI=1S/C32H39N5O3/c33-17-4-3-5-22-8-10-23(11-9-22)16-18-35-32(40)30(19-24-12-14-26(38)15-13-24)37-31(39)28(34)20-25-21-36-29-7-2-1-6-27(25)29/h1-2,6-15,21,28,30,36,38H,3-5,16-20,33-34H2,(H,35,40)(H,37,39)/t28-,30-/m0/s1. The van der Waals surface area contributed by atoms with E-state index in [1.54, 1.807) is 24.3 Å². The normalized spacial score (nSPS) is 12.7. The zero-order chi connectivity index (χ0) is 28.3. The Kier molecular flexibility index (Phi) is 10.3. The van der Waals surface area contributed by atoms with Crippen molar-refractivity contribution in [1.82, 2.24) is 15.6 Å². The molecule has 0 saturated heterocycles. The van der Waals surface area contributed by atoms with Crippen molar-refractivity contribution in [2.75, 3.05) is 13.1 Å². The first-order valence-corrected chi connectivity index (χ1v) is 13.9. The third-order valence-corrected chi connectivity index (χ3v) is 7.12. The van der Waals surface area contributed by atoms with Crippen LogP contribution in [0.3, 0.4) is 0 Å². The first-order chi connectivity index (χ1) is 19.4. The van der Waals surface area contributed by atoms with Gasteiger partial charge in [0.15, 0.2) is 0 Å². The number of nitrogens with one attached hydrogen (secondary N) is 3. The quantitative estimate of drug-likeness (QED) is 0.136. The number of phenols is 1. The molecule has 0 aliphatic heterocycles. The fraction of sp³-hybridized carbons (Fsp3) is 0.312. The lowest BCUT2D eigenvalue weighted by Gasteiger charge is -2.21. The molecule has 0 spiro atoms. The molecule has 0 aliphatic carbocycles. The Balaban J connectivity index is 1.35. The molecule has 2 amide bonds. The van der Waals surface area contributed by atoms with E-state index in [-0.39, 0.29) is 18.1 Å². The Morgan fingerprint density at radius 1 is 0.825 bits per heavy atom. The van der Waals surface area contributed by atoms with Crippen molar-refractivity contribution in [3.63, 3.8) is 0 Å².